The number of rotatable bonds is 11. The second kappa shape index (κ2) is 11.6. The lowest BCUT2D eigenvalue weighted by Gasteiger charge is -2.29. The van der Waals surface area contributed by atoms with Crippen LogP contribution in [0.1, 0.15) is 48.9 Å². The van der Waals surface area contributed by atoms with E-state index in [0.717, 1.165) is 23.7 Å². The number of unbranched alkanes of at least 4 members (excludes halogenated alkanes) is 2. The van der Waals surface area contributed by atoms with Crippen molar-refractivity contribution in [2.75, 3.05) is 13.2 Å². The third kappa shape index (κ3) is 6.37. The molecule has 2 saturated carbocycles. The molecule has 2 fully saturated rings. The van der Waals surface area contributed by atoms with Crippen molar-refractivity contribution in [2.45, 2.75) is 43.4 Å². The number of allylic oxidation sites excluding steroid dienone is 2. The second-order valence-electron chi connectivity index (χ2n) is 9.31. The number of benzene rings is 2. The standard InChI is InChI=1S/C27H32BrNO4S/c28-23-13-15-24(16-14-23)34(31,32)29-19-26-22-12-11-21(18-22)25(26)10-6-1-2-7-17-33-27(30)20-8-4-3-5-9-20/h3-6,8-10,13-16,21-22,25-26,29H,1-2,7,11-12,17-19H2. The van der Waals surface area contributed by atoms with Crippen molar-refractivity contribution >= 4 is 31.9 Å². The number of carbonyl (C=O) groups excluding carboxylic acids is 1. The zero-order chi connectivity index (χ0) is 24.0. The van der Waals surface area contributed by atoms with Crippen molar-refractivity contribution in [3.05, 3.63) is 76.8 Å². The van der Waals surface area contributed by atoms with Gasteiger partial charge in [0.1, 0.15) is 0 Å². The summed E-state index contributed by atoms with van der Waals surface area (Å²) in [6.45, 7) is 0.917. The maximum absolute atomic E-state index is 12.7. The van der Waals surface area contributed by atoms with Crippen LogP contribution in [0, 0.1) is 23.7 Å². The molecule has 0 aliphatic heterocycles. The summed E-state index contributed by atoms with van der Waals surface area (Å²) >= 11 is 3.35. The molecule has 0 spiro atoms. The van der Waals surface area contributed by atoms with Gasteiger partial charge in [-0.25, -0.2) is 17.9 Å². The average molecular weight is 547 g/mol. The summed E-state index contributed by atoms with van der Waals surface area (Å²) < 4.78 is 34.5. The van der Waals surface area contributed by atoms with Crippen LogP contribution < -0.4 is 4.72 Å². The number of hydrogen-bond acceptors (Lipinski definition) is 4. The van der Waals surface area contributed by atoms with Crippen LogP contribution >= 0.6 is 15.9 Å². The first kappa shape index (κ1) is 25.1. The molecule has 34 heavy (non-hydrogen) atoms. The molecular weight excluding hydrogens is 514 g/mol. The molecular formula is C27H32BrNO4S. The third-order valence-corrected chi connectivity index (χ3v) is 9.13. The zero-order valence-electron chi connectivity index (χ0n) is 19.2. The summed E-state index contributed by atoms with van der Waals surface area (Å²) in [5.74, 6) is 1.78. The van der Waals surface area contributed by atoms with Crippen molar-refractivity contribution < 1.29 is 17.9 Å². The summed E-state index contributed by atoms with van der Waals surface area (Å²) in [5, 5.41) is 0. The second-order valence-corrected chi connectivity index (χ2v) is 12.0. The Labute approximate surface area is 211 Å². The van der Waals surface area contributed by atoms with Gasteiger partial charge >= 0.3 is 5.97 Å². The Morgan fingerprint density at radius 2 is 1.76 bits per heavy atom. The highest BCUT2D eigenvalue weighted by Crippen LogP contribution is 2.52. The van der Waals surface area contributed by atoms with Gasteiger partial charge in [-0.15, -0.1) is 0 Å². The topological polar surface area (TPSA) is 72.5 Å². The summed E-state index contributed by atoms with van der Waals surface area (Å²) in [5.41, 5.74) is 0.584. The number of esters is 1. The lowest BCUT2D eigenvalue weighted by Crippen LogP contribution is -2.35. The Balaban J connectivity index is 1.22. The molecule has 2 aliphatic carbocycles. The predicted molar refractivity (Wildman–Crippen MR) is 137 cm³/mol. The number of hydrogen-bond donors (Lipinski definition) is 1. The van der Waals surface area contributed by atoms with Gasteiger partial charge in [0.15, 0.2) is 0 Å². The number of sulfonamides is 1. The highest BCUT2D eigenvalue weighted by molar-refractivity contribution is 9.10. The molecule has 4 rings (SSSR count). The molecule has 2 bridgehead atoms. The molecule has 0 heterocycles. The van der Waals surface area contributed by atoms with E-state index in [2.05, 4.69) is 32.8 Å². The fourth-order valence-electron chi connectivity index (χ4n) is 5.40. The van der Waals surface area contributed by atoms with Crippen LogP contribution in [0.5, 0.6) is 0 Å². The maximum atomic E-state index is 12.7. The van der Waals surface area contributed by atoms with E-state index in [1.165, 1.54) is 19.3 Å². The van der Waals surface area contributed by atoms with Crippen LogP contribution in [0.15, 0.2) is 76.1 Å². The third-order valence-electron chi connectivity index (χ3n) is 7.16. The normalized spacial score (nSPS) is 24.0. The lowest BCUT2D eigenvalue weighted by molar-refractivity contribution is 0.0498. The molecule has 0 amide bonds. The molecule has 4 atom stereocenters. The minimum atomic E-state index is -3.50. The highest BCUT2D eigenvalue weighted by atomic mass is 79.9. The molecule has 0 radical (unpaired) electrons. The SMILES string of the molecule is O=C(OCCCCC=CC1C2CCC(C2)C1CNS(=O)(=O)c1ccc(Br)cc1)c1ccccc1. The zero-order valence-corrected chi connectivity index (χ0v) is 21.6. The smallest absolute Gasteiger partial charge is 0.338 e. The van der Waals surface area contributed by atoms with Gasteiger partial charge in [0.25, 0.3) is 0 Å². The van der Waals surface area contributed by atoms with Gasteiger partial charge in [-0.2, -0.15) is 0 Å². The molecule has 182 valence electrons. The number of nitrogens with one attached hydrogen (secondary N) is 1. The van der Waals surface area contributed by atoms with Crippen LogP contribution in [-0.2, 0) is 14.8 Å². The van der Waals surface area contributed by atoms with Crippen LogP contribution in [0.25, 0.3) is 0 Å². The molecule has 5 nitrogen and oxygen atoms in total. The van der Waals surface area contributed by atoms with Crippen LogP contribution in [-0.4, -0.2) is 27.5 Å². The number of fused-ring (bicyclic) bond motifs is 2. The van der Waals surface area contributed by atoms with Crippen molar-refractivity contribution in [1.82, 2.24) is 4.72 Å². The number of halogens is 1. The summed E-state index contributed by atoms with van der Waals surface area (Å²) in [6.07, 6.45) is 10.9. The monoisotopic (exact) mass is 545 g/mol. The minimum Gasteiger partial charge on any atom is -0.462 e. The van der Waals surface area contributed by atoms with Gasteiger partial charge in [-0.3, -0.25) is 0 Å². The molecule has 4 unspecified atom stereocenters. The predicted octanol–water partition coefficient (Wildman–Crippen LogP) is 5.97. The highest BCUT2D eigenvalue weighted by Gasteiger charge is 2.46. The molecule has 0 saturated heterocycles. The van der Waals surface area contributed by atoms with Gasteiger partial charge < -0.3 is 4.74 Å². The molecule has 1 N–H and O–H groups in total. The Bertz CT molecular complexity index is 1090. The average Bonchev–Trinajstić information content (AvgIpc) is 3.45. The van der Waals surface area contributed by atoms with Crippen LogP contribution in [0.2, 0.25) is 0 Å². The fraction of sp³-hybridized carbons (Fsp3) is 0.444. The van der Waals surface area contributed by atoms with E-state index < -0.39 is 10.0 Å². The Kier molecular flexibility index (Phi) is 8.61. The van der Waals surface area contributed by atoms with Gasteiger partial charge in [-0.1, -0.05) is 46.3 Å². The van der Waals surface area contributed by atoms with E-state index in [1.807, 2.05) is 18.2 Å². The molecule has 2 aromatic carbocycles. The number of carbonyl (C=O) groups is 1. The first-order chi connectivity index (χ1) is 16.4. The van der Waals surface area contributed by atoms with E-state index >= 15 is 0 Å². The van der Waals surface area contributed by atoms with Crippen molar-refractivity contribution in [1.29, 1.82) is 0 Å². The minimum absolute atomic E-state index is 0.272. The lowest BCUT2D eigenvalue weighted by atomic mass is 9.79. The maximum Gasteiger partial charge on any atom is 0.338 e. The van der Waals surface area contributed by atoms with Gasteiger partial charge in [0.05, 0.1) is 17.1 Å². The van der Waals surface area contributed by atoms with Gasteiger partial charge in [0.2, 0.25) is 10.0 Å². The van der Waals surface area contributed by atoms with E-state index in [0.29, 0.717) is 47.3 Å². The summed E-state index contributed by atoms with van der Waals surface area (Å²) in [7, 11) is -3.50. The Hall–Kier alpha value is -1.96. The first-order valence-electron chi connectivity index (χ1n) is 12.1. The summed E-state index contributed by atoms with van der Waals surface area (Å²) in [4.78, 5) is 12.3. The van der Waals surface area contributed by atoms with Crippen LogP contribution in [0.4, 0.5) is 0 Å². The van der Waals surface area contributed by atoms with Crippen molar-refractivity contribution in [2.24, 2.45) is 23.7 Å². The first-order valence-corrected chi connectivity index (χ1v) is 14.4. The van der Waals surface area contributed by atoms with Crippen molar-refractivity contribution in [3.63, 3.8) is 0 Å². The van der Waals surface area contributed by atoms with E-state index in [-0.39, 0.29) is 5.97 Å². The van der Waals surface area contributed by atoms with E-state index in [9.17, 15) is 13.2 Å². The molecule has 7 heteroatoms. The number of ether oxygens (including phenoxy) is 1. The quantitative estimate of drug-likeness (QED) is 0.214. The van der Waals surface area contributed by atoms with Gasteiger partial charge in [0, 0.05) is 11.0 Å². The van der Waals surface area contributed by atoms with E-state index in [1.54, 1.807) is 36.4 Å². The Morgan fingerprint density at radius 3 is 2.53 bits per heavy atom. The Morgan fingerprint density at radius 1 is 1.03 bits per heavy atom. The summed E-state index contributed by atoms with van der Waals surface area (Å²) in [6, 6.07) is 15.8. The van der Waals surface area contributed by atoms with E-state index in [4.69, 9.17) is 4.74 Å². The van der Waals surface area contributed by atoms with Gasteiger partial charge in [-0.05, 0) is 98.6 Å². The largest absolute Gasteiger partial charge is 0.462 e. The molecule has 2 aliphatic rings. The molecule has 0 aromatic heterocycles. The van der Waals surface area contributed by atoms with Crippen molar-refractivity contribution in [3.8, 4) is 0 Å². The molecule has 2 aromatic rings. The van der Waals surface area contributed by atoms with Crippen LogP contribution in [0.3, 0.4) is 0 Å². The fourth-order valence-corrected chi connectivity index (χ4v) is 6.74.